The van der Waals surface area contributed by atoms with E-state index in [0.29, 0.717) is 10.8 Å². The number of nitrogens with one attached hydrogen (secondary N) is 1. The fourth-order valence-corrected chi connectivity index (χ4v) is 2.56. The highest BCUT2D eigenvalue weighted by atomic mass is 32.1. The van der Waals surface area contributed by atoms with Gasteiger partial charge in [-0.15, -0.1) is 0 Å². The van der Waals surface area contributed by atoms with Crippen molar-refractivity contribution in [3.63, 3.8) is 0 Å². The summed E-state index contributed by atoms with van der Waals surface area (Å²) in [5, 5.41) is 13.7. The number of hydrogen-bond donors (Lipinski definition) is 2. The molecule has 0 saturated heterocycles. The predicted octanol–water partition coefficient (Wildman–Crippen LogP) is 3.24. The number of hydrazone groups is 1. The molecular formula is C14H15N3O2S. The zero-order valence-corrected chi connectivity index (χ0v) is 12.1. The molecule has 0 aliphatic heterocycles. The summed E-state index contributed by atoms with van der Waals surface area (Å²) in [6.45, 7) is 3.74. The van der Waals surface area contributed by atoms with E-state index in [0.717, 1.165) is 16.2 Å². The van der Waals surface area contributed by atoms with Gasteiger partial charge in [0.05, 0.1) is 12.1 Å². The van der Waals surface area contributed by atoms with Gasteiger partial charge in [0.25, 0.3) is 0 Å². The molecular weight excluding hydrogens is 274 g/mol. The second-order valence-electron chi connectivity index (χ2n) is 4.40. The number of anilines is 1. The second kappa shape index (κ2) is 6.29. The predicted molar refractivity (Wildman–Crippen MR) is 81.3 cm³/mol. The lowest BCUT2D eigenvalue weighted by atomic mass is 10.1. The van der Waals surface area contributed by atoms with Crippen LogP contribution in [0.4, 0.5) is 5.13 Å². The first-order valence-corrected chi connectivity index (χ1v) is 6.91. The number of thiazole rings is 1. The molecule has 0 bridgehead atoms. The molecule has 0 aliphatic carbocycles. The lowest BCUT2D eigenvalue weighted by Crippen LogP contribution is -1.99. The third-order valence-electron chi connectivity index (χ3n) is 2.43. The molecule has 2 rings (SSSR count). The van der Waals surface area contributed by atoms with Gasteiger partial charge in [-0.05, 0) is 13.8 Å². The Labute approximate surface area is 121 Å². The number of aliphatic carboxylic acids is 1. The van der Waals surface area contributed by atoms with Gasteiger partial charge in [0, 0.05) is 16.2 Å². The van der Waals surface area contributed by atoms with Crippen LogP contribution in [0.15, 0.2) is 35.4 Å². The van der Waals surface area contributed by atoms with Crippen molar-refractivity contribution in [3.8, 4) is 11.3 Å². The van der Waals surface area contributed by atoms with Gasteiger partial charge in [-0.25, -0.2) is 4.98 Å². The first-order valence-electron chi connectivity index (χ1n) is 6.10. The van der Waals surface area contributed by atoms with Gasteiger partial charge in [0.15, 0.2) is 0 Å². The maximum Gasteiger partial charge on any atom is 0.308 e. The van der Waals surface area contributed by atoms with Gasteiger partial charge in [0.1, 0.15) is 0 Å². The van der Waals surface area contributed by atoms with E-state index < -0.39 is 5.97 Å². The molecule has 0 radical (unpaired) electrons. The first kappa shape index (κ1) is 14.2. The van der Waals surface area contributed by atoms with Crippen molar-refractivity contribution < 1.29 is 9.90 Å². The van der Waals surface area contributed by atoms with Crippen LogP contribution in [0.1, 0.15) is 18.7 Å². The summed E-state index contributed by atoms with van der Waals surface area (Å²) in [5.41, 5.74) is 5.33. The highest BCUT2D eigenvalue weighted by molar-refractivity contribution is 7.16. The highest BCUT2D eigenvalue weighted by Crippen LogP contribution is 2.31. The van der Waals surface area contributed by atoms with Crippen LogP contribution in [0.2, 0.25) is 0 Å². The average Bonchev–Trinajstić information content (AvgIpc) is 2.79. The van der Waals surface area contributed by atoms with E-state index in [1.807, 2.05) is 44.2 Å². The monoisotopic (exact) mass is 289 g/mol. The van der Waals surface area contributed by atoms with E-state index >= 15 is 0 Å². The van der Waals surface area contributed by atoms with E-state index in [2.05, 4.69) is 15.5 Å². The Hall–Kier alpha value is -2.21. The zero-order valence-electron chi connectivity index (χ0n) is 11.3. The maximum atomic E-state index is 11.0. The molecule has 0 saturated carbocycles. The van der Waals surface area contributed by atoms with Gasteiger partial charge in [-0.2, -0.15) is 5.10 Å². The second-order valence-corrected chi connectivity index (χ2v) is 5.48. The lowest BCUT2D eigenvalue weighted by Gasteiger charge is -1.99. The molecule has 104 valence electrons. The summed E-state index contributed by atoms with van der Waals surface area (Å²) in [4.78, 5) is 16.1. The van der Waals surface area contributed by atoms with Crippen LogP contribution < -0.4 is 5.43 Å². The van der Waals surface area contributed by atoms with Crippen LogP contribution in [0, 0.1) is 0 Å². The minimum atomic E-state index is -0.868. The van der Waals surface area contributed by atoms with E-state index in [1.54, 1.807) is 0 Å². The van der Waals surface area contributed by atoms with Crippen molar-refractivity contribution in [1.82, 2.24) is 4.98 Å². The van der Waals surface area contributed by atoms with Crippen LogP contribution in [-0.2, 0) is 11.2 Å². The van der Waals surface area contributed by atoms with Crippen LogP contribution in [0.3, 0.4) is 0 Å². The summed E-state index contributed by atoms with van der Waals surface area (Å²) < 4.78 is 0. The smallest absolute Gasteiger partial charge is 0.308 e. The first-order chi connectivity index (χ1) is 9.56. The van der Waals surface area contributed by atoms with E-state index in [-0.39, 0.29) is 6.42 Å². The molecule has 1 aromatic carbocycles. The highest BCUT2D eigenvalue weighted by Gasteiger charge is 2.15. The van der Waals surface area contributed by atoms with Crippen LogP contribution in [-0.4, -0.2) is 21.8 Å². The summed E-state index contributed by atoms with van der Waals surface area (Å²) in [7, 11) is 0. The fourth-order valence-electron chi connectivity index (χ4n) is 1.64. The van der Waals surface area contributed by atoms with Gasteiger partial charge in [-0.3, -0.25) is 10.2 Å². The molecule has 0 aliphatic rings. The van der Waals surface area contributed by atoms with Crippen molar-refractivity contribution >= 4 is 28.1 Å². The van der Waals surface area contributed by atoms with Crippen molar-refractivity contribution in [2.24, 2.45) is 5.10 Å². The van der Waals surface area contributed by atoms with E-state index in [9.17, 15) is 4.79 Å². The number of hydrogen-bond acceptors (Lipinski definition) is 5. The number of rotatable bonds is 5. The Kier molecular flexibility index (Phi) is 4.47. The normalized spacial score (nSPS) is 10.1. The molecule has 5 nitrogen and oxygen atoms in total. The van der Waals surface area contributed by atoms with E-state index in [4.69, 9.17) is 5.11 Å². The summed E-state index contributed by atoms with van der Waals surface area (Å²) in [6, 6.07) is 9.55. The standard InChI is InChI=1S/C14H15N3O2S/c1-9(2)16-17-14-15-13(10-6-4-3-5-7-10)11(20-14)8-12(18)19/h3-7H,8H2,1-2H3,(H,15,17)(H,18,19). The third kappa shape index (κ3) is 3.64. The number of benzene rings is 1. The van der Waals surface area contributed by atoms with E-state index in [1.165, 1.54) is 11.3 Å². The maximum absolute atomic E-state index is 11.0. The topological polar surface area (TPSA) is 74.6 Å². The SMILES string of the molecule is CC(C)=NNc1nc(-c2ccccc2)c(CC(=O)O)s1. The Morgan fingerprint density at radius 2 is 2.05 bits per heavy atom. The van der Waals surface area contributed by atoms with Gasteiger partial charge >= 0.3 is 5.97 Å². The minimum absolute atomic E-state index is 0.0433. The molecule has 0 fully saturated rings. The number of carbonyl (C=O) groups is 1. The molecule has 20 heavy (non-hydrogen) atoms. The average molecular weight is 289 g/mol. The molecule has 1 heterocycles. The largest absolute Gasteiger partial charge is 0.481 e. The molecule has 2 aromatic rings. The van der Waals surface area contributed by atoms with Crippen LogP contribution in [0.5, 0.6) is 0 Å². The zero-order chi connectivity index (χ0) is 14.5. The van der Waals surface area contributed by atoms with Crippen LogP contribution in [0.25, 0.3) is 11.3 Å². The van der Waals surface area contributed by atoms with Gasteiger partial charge in [0.2, 0.25) is 5.13 Å². The summed E-state index contributed by atoms with van der Waals surface area (Å²) in [6.07, 6.45) is -0.0433. The minimum Gasteiger partial charge on any atom is -0.481 e. The Morgan fingerprint density at radius 3 is 2.65 bits per heavy atom. The Morgan fingerprint density at radius 1 is 1.35 bits per heavy atom. The number of aromatic nitrogens is 1. The Bertz CT molecular complexity index is 631. The van der Waals surface area contributed by atoms with Crippen molar-refractivity contribution in [1.29, 1.82) is 0 Å². The van der Waals surface area contributed by atoms with Crippen molar-refractivity contribution in [2.75, 3.05) is 5.43 Å². The quantitative estimate of drug-likeness (QED) is 0.654. The van der Waals surface area contributed by atoms with Crippen LogP contribution >= 0.6 is 11.3 Å². The molecule has 0 unspecified atom stereocenters. The summed E-state index contributed by atoms with van der Waals surface area (Å²) >= 11 is 1.31. The molecule has 0 atom stereocenters. The molecule has 1 aromatic heterocycles. The van der Waals surface area contributed by atoms with Gasteiger partial charge < -0.3 is 5.11 Å². The molecule has 2 N–H and O–H groups in total. The number of nitrogens with zero attached hydrogens (tertiary/aromatic N) is 2. The molecule has 0 amide bonds. The van der Waals surface area contributed by atoms with Gasteiger partial charge in [-0.1, -0.05) is 41.7 Å². The van der Waals surface area contributed by atoms with Crippen molar-refractivity contribution in [3.05, 3.63) is 35.2 Å². The summed E-state index contributed by atoms with van der Waals surface area (Å²) in [5.74, 6) is -0.868. The fraction of sp³-hybridized carbons (Fsp3) is 0.214. The molecule has 0 spiro atoms. The number of carboxylic acids is 1. The lowest BCUT2D eigenvalue weighted by molar-refractivity contribution is -0.136. The Balaban J connectivity index is 2.37. The third-order valence-corrected chi connectivity index (χ3v) is 3.39. The van der Waals surface area contributed by atoms with Crippen molar-refractivity contribution in [2.45, 2.75) is 20.3 Å². The number of carboxylic acid groups (broad SMARTS) is 1. The molecule has 6 heteroatoms.